The molecule has 0 aromatic heterocycles. The van der Waals surface area contributed by atoms with Gasteiger partial charge in [-0.05, 0) is 12.0 Å². The van der Waals surface area contributed by atoms with Gasteiger partial charge in [-0.3, -0.25) is 4.99 Å². The molecule has 0 aromatic carbocycles. The van der Waals surface area contributed by atoms with E-state index >= 15 is 0 Å². The maximum atomic E-state index is 4.19. The third-order valence-electron chi connectivity index (χ3n) is 1.87. The van der Waals surface area contributed by atoms with Crippen molar-refractivity contribution in [3.8, 4) is 0 Å². The van der Waals surface area contributed by atoms with Crippen LogP contribution in [0.25, 0.3) is 0 Å². The maximum Gasteiger partial charge on any atom is 0.0635 e. The third-order valence-corrected chi connectivity index (χ3v) is 1.87. The molecule has 0 spiro atoms. The highest BCUT2D eigenvalue weighted by Crippen LogP contribution is 2.23. The van der Waals surface area contributed by atoms with E-state index in [0.717, 1.165) is 13.0 Å². The second-order valence-electron chi connectivity index (χ2n) is 2.46. The molecule has 1 heterocycles. The van der Waals surface area contributed by atoms with Gasteiger partial charge in [-0.2, -0.15) is 0 Å². The number of aliphatic imine (C=N–C) groups is 1. The average molecular weight is 119 g/mol. The summed E-state index contributed by atoms with van der Waals surface area (Å²) in [5, 5.41) is 0. The zero-order chi connectivity index (χ0) is 6.10. The predicted octanol–water partition coefficient (Wildman–Crippen LogP) is 1.72. The highest BCUT2D eigenvalue weighted by atomic mass is 14.7. The Bertz CT molecular complexity index is 209. The normalized spacial score (nSPS) is 23.1. The van der Waals surface area contributed by atoms with Crippen LogP contribution in [0.2, 0.25) is 0 Å². The minimum Gasteiger partial charge on any atom is -0.292 e. The number of dihydropyridines is 1. The van der Waals surface area contributed by atoms with Gasteiger partial charge in [0.1, 0.15) is 0 Å². The summed E-state index contributed by atoms with van der Waals surface area (Å²) in [6.07, 6.45) is 8.70. The highest BCUT2D eigenvalue weighted by molar-refractivity contribution is 5.65. The molecule has 2 aliphatic rings. The van der Waals surface area contributed by atoms with Crippen LogP contribution in [0.4, 0.5) is 0 Å². The van der Waals surface area contributed by atoms with Crippen LogP contribution in [0.15, 0.2) is 28.3 Å². The van der Waals surface area contributed by atoms with Gasteiger partial charge in [-0.1, -0.05) is 17.7 Å². The molecule has 0 N–H and O–H groups in total. The van der Waals surface area contributed by atoms with Crippen molar-refractivity contribution in [2.24, 2.45) is 4.99 Å². The van der Waals surface area contributed by atoms with E-state index < -0.39 is 0 Å². The Kier molecular flexibility index (Phi) is 1.01. The van der Waals surface area contributed by atoms with Crippen molar-refractivity contribution >= 4 is 6.21 Å². The monoisotopic (exact) mass is 119 g/mol. The summed E-state index contributed by atoms with van der Waals surface area (Å²) in [5.74, 6) is 0. The van der Waals surface area contributed by atoms with Gasteiger partial charge in [-0.15, -0.1) is 0 Å². The molecule has 1 aliphatic carbocycles. The second kappa shape index (κ2) is 1.83. The summed E-state index contributed by atoms with van der Waals surface area (Å²) >= 11 is 0. The predicted molar refractivity (Wildman–Crippen MR) is 38.8 cm³/mol. The van der Waals surface area contributed by atoms with E-state index in [2.05, 4.69) is 17.1 Å². The first-order chi connectivity index (χ1) is 4.47. The molecule has 0 fully saturated rings. The number of hydrogen-bond acceptors (Lipinski definition) is 1. The smallest absolute Gasteiger partial charge is 0.0635 e. The molecule has 0 saturated heterocycles. The fourth-order valence-electron chi connectivity index (χ4n) is 1.31. The van der Waals surface area contributed by atoms with Crippen molar-refractivity contribution in [2.75, 3.05) is 6.54 Å². The molecule has 1 aliphatic heterocycles. The summed E-state index contributed by atoms with van der Waals surface area (Å²) in [5.41, 5.74) is 3.03. The molecule has 46 valence electrons. The van der Waals surface area contributed by atoms with Gasteiger partial charge in [-0.25, -0.2) is 0 Å². The van der Waals surface area contributed by atoms with Gasteiger partial charge < -0.3 is 0 Å². The van der Waals surface area contributed by atoms with Gasteiger partial charge in [0, 0.05) is 12.6 Å². The van der Waals surface area contributed by atoms with E-state index in [1.165, 1.54) is 12.0 Å². The summed E-state index contributed by atoms with van der Waals surface area (Å²) in [7, 11) is 0. The van der Waals surface area contributed by atoms with Crippen molar-refractivity contribution in [3.05, 3.63) is 23.3 Å². The van der Waals surface area contributed by atoms with Crippen molar-refractivity contribution < 1.29 is 0 Å². The molecule has 9 heavy (non-hydrogen) atoms. The molecule has 0 radical (unpaired) electrons. The fraction of sp³-hybridized carbons (Fsp3) is 0.375. The second-order valence-corrected chi connectivity index (χ2v) is 2.46. The third kappa shape index (κ3) is 0.727. The lowest BCUT2D eigenvalue weighted by atomic mass is 10.1. The van der Waals surface area contributed by atoms with E-state index in [4.69, 9.17) is 0 Å². The summed E-state index contributed by atoms with van der Waals surface area (Å²) in [6, 6.07) is 0. The first kappa shape index (κ1) is 4.98. The lowest BCUT2D eigenvalue weighted by molar-refractivity contribution is 1.05. The first-order valence-electron chi connectivity index (χ1n) is 3.32. The Morgan fingerprint density at radius 2 is 2.33 bits per heavy atom. The number of rotatable bonds is 0. The van der Waals surface area contributed by atoms with Crippen molar-refractivity contribution in [1.29, 1.82) is 0 Å². The fourth-order valence-corrected chi connectivity index (χ4v) is 1.31. The molecule has 0 saturated carbocycles. The number of nitrogens with zero attached hydrogens (tertiary/aromatic N) is 1. The van der Waals surface area contributed by atoms with Crippen molar-refractivity contribution in [2.45, 2.75) is 12.8 Å². The molecule has 0 amide bonds. The number of hydrogen-bond donors (Lipinski definition) is 0. The van der Waals surface area contributed by atoms with Crippen molar-refractivity contribution in [1.82, 2.24) is 0 Å². The van der Waals surface area contributed by atoms with E-state index in [1.54, 1.807) is 5.57 Å². The van der Waals surface area contributed by atoms with Crippen LogP contribution in [0.5, 0.6) is 0 Å². The molecule has 1 heteroatoms. The summed E-state index contributed by atoms with van der Waals surface area (Å²) < 4.78 is 0. The quantitative estimate of drug-likeness (QED) is 0.460. The molecular formula is C8H9N. The lowest BCUT2D eigenvalue weighted by Crippen LogP contribution is -1.96. The van der Waals surface area contributed by atoms with Crippen LogP contribution in [-0.4, -0.2) is 12.8 Å². The number of allylic oxidation sites excluding steroid dienone is 2. The van der Waals surface area contributed by atoms with Gasteiger partial charge in [0.25, 0.3) is 0 Å². The molecule has 0 aromatic rings. The van der Waals surface area contributed by atoms with Crippen LogP contribution < -0.4 is 0 Å². The Hall–Kier alpha value is -0.850. The van der Waals surface area contributed by atoms with E-state index in [1.807, 2.05) is 6.21 Å². The van der Waals surface area contributed by atoms with Gasteiger partial charge in [0.05, 0.1) is 6.54 Å². The standard InChI is InChI=1S/C8H9N/c1-2-7-4-5-9-6-8(7)3-1/h1,3,5H,2,4,6H2. The van der Waals surface area contributed by atoms with Gasteiger partial charge >= 0.3 is 0 Å². The minimum absolute atomic E-state index is 0.922. The van der Waals surface area contributed by atoms with Crippen LogP contribution in [-0.2, 0) is 0 Å². The molecule has 0 unspecified atom stereocenters. The van der Waals surface area contributed by atoms with Crippen LogP contribution in [0, 0.1) is 0 Å². The Labute approximate surface area is 54.8 Å². The molecule has 0 atom stereocenters. The maximum absolute atomic E-state index is 4.19. The summed E-state index contributed by atoms with van der Waals surface area (Å²) in [4.78, 5) is 4.19. The highest BCUT2D eigenvalue weighted by Gasteiger charge is 2.09. The molecule has 1 nitrogen and oxygen atoms in total. The van der Waals surface area contributed by atoms with E-state index in [9.17, 15) is 0 Å². The zero-order valence-electron chi connectivity index (χ0n) is 5.30. The van der Waals surface area contributed by atoms with Crippen LogP contribution in [0.3, 0.4) is 0 Å². The Balaban J connectivity index is 2.28. The minimum atomic E-state index is 0.922. The van der Waals surface area contributed by atoms with E-state index in [0.29, 0.717) is 0 Å². The van der Waals surface area contributed by atoms with Crippen LogP contribution >= 0.6 is 0 Å². The Morgan fingerprint density at radius 1 is 1.33 bits per heavy atom. The molecule has 0 bridgehead atoms. The van der Waals surface area contributed by atoms with Gasteiger partial charge in [0.15, 0.2) is 0 Å². The topological polar surface area (TPSA) is 12.4 Å². The van der Waals surface area contributed by atoms with Crippen molar-refractivity contribution in [3.63, 3.8) is 0 Å². The zero-order valence-corrected chi connectivity index (χ0v) is 5.30. The lowest BCUT2D eigenvalue weighted by Gasteiger charge is -2.05. The first-order valence-corrected chi connectivity index (χ1v) is 3.32. The van der Waals surface area contributed by atoms with Gasteiger partial charge in [0.2, 0.25) is 0 Å². The average Bonchev–Trinajstić information content (AvgIpc) is 2.33. The Morgan fingerprint density at radius 3 is 3.22 bits per heavy atom. The van der Waals surface area contributed by atoms with E-state index in [-0.39, 0.29) is 0 Å². The summed E-state index contributed by atoms with van der Waals surface area (Å²) in [6.45, 7) is 0.922. The SMILES string of the molecule is C1=CC2=C(C1)CC=NC2. The molecule has 2 rings (SSSR count). The van der Waals surface area contributed by atoms with Crippen LogP contribution in [0.1, 0.15) is 12.8 Å². The largest absolute Gasteiger partial charge is 0.292 e. The molecular weight excluding hydrogens is 110 g/mol.